The molecule has 0 radical (unpaired) electrons. The topological polar surface area (TPSA) is 37.8 Å². The zero-order valence-electron chi connectivity index (χ0n) is 11.2. The predicted molar refractivity (Wildman–Crippen MR) is 92.2 cm³/mol. The highest BCUT2D eigenvalue weighted by molar-refractivity contribution is 6.43. The Morgan fingerprint density at radius 2 is 1.59 bits per heavy atom. The van der Waals surface area contributed by atoms with Gasteiger partial charge in [0.2, 0.25) is 0 Å². The summed E-state index contributed by atoms with van der Waals surface area (Å²) in [6.45, 7) is 0. The number of rotatable bonds is 3. The molecule has 0 saturated heterocycles. The van der Waals surface area contributed by atoms with Crippen molar-refractivity contribution in [3.8, 4) is 11.4 Å². The smallest absolute Gasteiger partial charge is 0.163 e. The van der Waals surface area contributed by atoms with E-state index in [1.54, 1.807) is 18.2 Å². The fraction of sp³-hybridized carbons (Fsp3) is 0. The summed E-state index contributed by atoms with van der Waals surface area (Å²) in [5.74, 6) is 1.08. The van der Waals surface area contributed by atoms with E-state index in [1.807, 2.05) is 36.4 Å². The van der Waals surface area contributed by atoms with E-state index in [4.69, 9.17) is 34.8 Å². The average molecular weight is 351 g/mol. The highest BCUT2D eigenvalue weighted by Crippen LogP contribution is 2.32. The molecule has 0 atom stereocenters. The fourth-order valence-electron chi connectivity index (χ4n) is 1.94. The van der Waals surface area contributed by atoms with Crippen molar-refractivity contribution in [3.63, 3.8) is 0 Å². The second-order valence-corrected chi connectivity index (χ2v) is 5.66. The Morgan fingerprint density at radius 1 is 0.818 bits per heavy atom. The van der Waals surface area contributed by atoms with E-state index < -0.39 is 0 Å². The molecular weight excluding hydrogens is 341 g/mol. The summed E-state index contributed by atoms with van der Waals surface area (Å²) < 4.78 is 0. The molecule has 110 valence electrons. The van der Waals surface area contributed by atoms with Gasteiger partial charge in [-0.1, -0.05) is 71.2 Å². The Morgan fingerprint density at radius 3 is 2.36 bits per heavy atom. The van der Waals surface area contributed by atoms with Crippen molar-refractivity contribution in [2.75, 3.05) is 5.32 Å². The molecule has 0 unspecified atom stereocenters. The van der Waals surface area contributed by atoms with Crippen molar-refractivity contribution in [2.45, 2.75) is 0 Å². The van der Waals surface area contributed by atoms with E-state index in [0.29, 0.717) is 32.5 Å². The first-order chi connectivity index (χ1) is 10.6. The van der Waals surface area contributed by atoms with Gasteiger partial charge in [0.15, 0.2) is 5.82 Å². The van der Waals surface area contributed by atoms with Crippen LogP contribution in [-0.2, 0) is 0 Å². The summed E-state index contributed by atoms with van der Waals surface area (Å²) in [6.07, 6.45) is 0. The molecular formula is C16H10Cl3N3. The average Bonchev–Trinajstić information content (AvgIpc) is 2.52. The van der Waals surface area contributed by atoms with Crippen LogP contribution in [-0.4, -0.2) is 9.97 Å². The second-order valence-electron chi connectivity index (χ2n) is 4.49. The normalized spacial score (nSPS) is 10.5. The van der Waals surface area contributed by atoms with Gasteiger partial charge in [0, 0.05) is 11.6 Å². The van der Waals surface area contributed by atoms with Crippen molar-refractivity contribution in [1.29, 1.82) is 0 Å². The number of nitrogens with one attached hydrogen (secondary N) is 1. The lowest BCUT2D eigenvalue weighted by Crippen LogP contribution is -1.98. The van der Waals surface area contributed by atoms with Gasteiger partial charge in [-0.25, -0.2) is 9.97 Å². The molecule has 1 aromatic heterocycles. The summed E-state index contributed by atoms with van der Waals surface area (Å²) in [7, 11) is 0. The lowest BCUT2D eigenvalue weighted by atomic mass is 10.2. The first-order valence-corrected chi connectivity index (χ1v) is 7.58. The Kier molecular flexibility index (Phi) is 4.48. The molecule has 0 saturated carbocycles. The van der Waals surface area contributed by atoms with Crippen molar-refractivity contribution >= 4 is 46.3 Å². The molecule has 0 bridgehead atoms. The van der Waals surface area contributed by atoms with E-state index in [2.05, 4.69) is 15.3 Å². The van der Waals surface area contributed by atoms with Gasteiger partial charge in [0.1, 0.15) is 11.0 Å². The Bertz CT molecular complexity index is 807. The molecule has 0 aliphatic rings. The Hall–Kier alpha value is -1.81. The molecule has 0 spiro atoms. The third-order valence-corrected chi connectivity index (χ3v) is 3.95. The lowest BCUT2D eigenvalue weighted by Gasteiger charge is -2.10. The molecule has 3 rings (SSSR count). The summed E-state index contributed by atoms with van der Waals surface area (Å²) in [5.41, 5.74) is 1.54. The SMILES string of the molecule is Clc1cc(Nc2cccc(Cl)c2Cl)nc(-c2ccccc2)n1. The molecule has 3 aromatic rings. The molecule has 3 nitrogen and oxygen atoms in total. The van der Waals surface area contributed by atoms with Crippen molar-refractivity contribution in [1.82, 2.24) is 9.97 Å². The first-order valence-electron chi connectivity index (χ1n) is 6.44. The van der Waals surface area contributed by atoms with Crippen molar-refractivity contribution in [2.24, 2.45) is 0 Å². The summed E-state index contributed by atoms with van der Waals surface area (Å²) >= 11 is 18.3. The van der Waals surface area contributed by atoms with Gasteiger partial charge in [-0.05, 0) is 12.1 Å². The van der Waals surface area contributed by atoms with Crippen LogP contribution in [0.1, 0.15) is 0 Å². The van der Waals surface area contributed by atoms with Crippen molar-refractivity contribution in [3.05, 3.63) is 69.8 Å². The Labute approximate surface area is 142 Å². The van der Waals surface area contributed by atoms with Gasteiger partial charge in [-0.2, -0.15) is 0 Å². The van der Waals surface area contributed by atoms with Crippen LogP contribution in [0.25, 0.3) is 11.4 Å². The molecule has 1 heterocycles. The van der Waals surface area contributed by atoms with E-state index in [1.165, 1.54) is 0 Å². The minimum atomic E-state index is 0.342. The number of anilines is 2. The highest BCUT2D eigenvalue weighted by Gasteiger charge is 2.09. The third-order valence-electron chi connectivity index (χ3n) is 2.94. The van der Waals surface area contributed by atoms with Crippen LogP contribution in [0.5, 0.6) is 0 Å². The molecule has 0 fully saturated rings. The van der Waals surface area contributed by atoms with Crippen LogP contribution in [0.15, 0.2) is 54.6 Å². The lowest BCUT2D eigenvalue weighted by molar-refractivity contribution is 1.17. The summed E-state index contributed by atoms with van der Waals surface area (Å²) in [5, 5.41) is 4.35. The van der Waals surface area contributed by atoms with Crippen LogP contribution < -0.4 is 5.32 Å². The van der Waals surface area contributed by atoms with Gasteiger partial charge in [-0.15, -0.1) is 0 Å². The van der Waals surface area contributed by atoms with Crippen LogP contribution in [0, 0.1) is 0 Å². The zero-order valence-corrected chi connectivity index (χ0v) is 13.5. The monoisotopic (exact) mass is 349 g/mol. The van der Waals surface area contributed by atoms with Crippen LogP contribution in [0.2, 0.25) is 15.2 Å². The molecule has 2 aromatic carbocycles. The molecule has 22 heavy (non-hydrogen) atoms. The standard InChI is InChI=1S/C16H10Cl3N3/c17-11-7-4-8-12(15(11)19)20-14-9-13(18)21-16(22-14)10-5-2-1-3-6-10/h1-9H,(H,20,21,22). The van der Waals surface area contributed by atoms with Gasteiger partial charge < -0.3 is 5.32 Å². The third kappa shape index (κ3) is 3.33. The molecule has 0 aliphatic heterocycles. The predicted octanol–water partition coefficient (Wildman–Crippen LogP) is 5.85. The molecule has 0 amide bonds. The first kappa shape index (κ1) is 15.1. The van der Waals surface area contributed by atoms with E-state index in [-0.39, 0.29) is 0 Å². The van der Waals surface area contributed by atoms with Crippen LogP contribution >= 0.6 is 34.8 Å². The number of benzene rings is 2. The van der Waals surface area contributed by atoms with Gasteiger partial charge in [-0.3, -0.25) is 0 Å². The highest BCUT2D eigenvalue weighted by atomic mass is 35.5. The number of hydrogen-bond donors (Lipinski definition) is 1. The second kappa shape index (κ2) is 6.53. The minimum Gasteiger partial charge on any atom is -0.339 e. The maximum Gasteiger partial charge on any atom is 0.163 e. The quantitative estimate of drug-likeness (QED) is 0.602. The zero-order chi connectivity index (χ0) is 15.5. The van der Waals surface area contributed by atoms with E-state index >= 15 is 0 Å². The maximum absolute atomic E-state index is 6.17. The molecule has 6 heteroatoms. The van der Waals surface area contributed by atoms with Crippen LogP contribution in [0.4, 0.5) is 11.5 Å². The molecule has 0 aliphatic carbocycles. The largest absolute Gasteiger partial charge is 0.339 e. The van der Waals surface area contributed by atoms with E-state index in [9.17, 15) is 0 Å². The Balaban J connectivity index is 1.98. The van der Waals surface area contributed by atoms with Crippen LogP contribution in [0.3, 0.4) is 0 Å². The maximum atomic E-state index is 6.17. The number of nitrogens with zero attached hydrogens (tertiary/aromatic N) is 2. The minimum absolute atomic E-state index is 0.342. The van der Waals surface area contributed by atoms with Gasteiger partial charge in [0.05, 0.1) is 15.7 Å². The summed E-state index contributed by atoms with van der Waals surface area (Å²) in [4.78, 5) is 8.70. The van der Waals surface area contributed by atoms with Gasteiger partial charge in [0.25, 0.3) is 0 Å². The number of aromatic nitrogens is 2. The van der Waals surface area contributed by atoms with E-state index in [0.717, 1.165) is 5.56 Å². The van der Waals surface area contributed by atoms with Crippen molar-refractivity contribution < 1.29 is 0 Å². The number of halogens is 3. The number of hydrogen-bond acceptors (Lipinski definition) is 3. The fourth-order valence-corrected chi connectivity index (χ4v) is 2.47. The molecule has 1 N–H and O–H groups in total. The summed E-state index contributed by atoms with van der Waals surface area (Å²) in [6, 6.07) is 16.6. The van der Waals surface area contributed by atoms with Gasteiger partial charge >= 0.3 is 0 Å².